The van der Waals surface area contributed by atoms with Crippen molar-refractivity contribution in [3.8, 4) is 0 Å². The summed E-state index contributed by atoms with van der Waals surface area (Å²) >= 11 is 0. The number of hydrogen-bond donors (Lipinski definition) is 1. The highest BCUT2D eigenvalue weighted by Gasteiger charge is 2.57. The maximum Gasteiger partial charge on any atom is 0.0543 e. The van der Waals surface area contributed by atoms with E-state index in [2.05, 4.69) is 13.8 Å². The second kappa shape index (κ2) is 4.48. The molecule has 0 saturated heterocycles. The van der Waals surface area contributed by atoms with Crippen molar-refractivity contribution in [2.24, 2.45) is 34.5 Å². The highest BCUT2D eigenvalue weighted by atomic mass is 16.3. The van der Waals surface area contributed by atoms with E-state index in [0.29, 0.717) is 10.8 Å². The van der Waals surface area contributed by atoms with Crippen LogP contribution >= 0.6 is 0 Å². The lowest BCUT2D eigenvalue weighted by molar-refractivity contribution is -0.120. The van der Waals surface area contributed by atoms with E-state index in [1.807, 2.05) is 0 Å². The van der Waals surface area contributed by atoms with Gasteiger partial charge in [-0.15, -0.1) is 0 Å². The Bertz CT molecular complexity index is 391. The van der Waals surface area contributed by atoms with Crippen LogP contribution in [-0.4, -0.2) is 11.2 Å². The van der Waals surface area contributed by atoms with E-state index in [0.717, 1.165) is 36.5 Å². The lowest BCUT2D eigenvalue weighted by atomic mass is 9.45. The van der Waals surface area contributed by atoms with Crippen LogP contribution in [0.5, 0.6) is 0 Å². The zero-order chi connectivity index (χ0) is 14.0. The van der Waals surface area contributed by atoms with E-state index in [1.165, 1.54) is 51.4 Å². The molecule has 4 aliphatic carbocycles. The highest BCUT2D eigenvalue weighted by Crippen LogP contribution is 2.66. The van der Waals surface area contributed by atoms with Crippen LogP contribution in [0, 0.1) is 34.5 Å². The number of aliphatic hydroxyl groups is 1. The van der Waals surface area contributed by atoms with Gasteiger partial charge in [-0.1, -0.05) is 20.3 Å². The minimum atomic E-state index is 0.00459. The van der Waals surface area contributed by atoms with Gasteiger partial charge >= 0.3 is 0 Å². The Morgan fingerprint density at radius 2 is 1.70 bits per heavy atom. The molecule has 0 bridgehead atoms. The quantitative estimate of drug-likeness (QED) is 0.675. The average molecular weight is 276 g/mol. The van der Waals surface area contributed by atoms with Gasteiger partial charge in [0.05, 0.1) is 6.10 Å². The van der Waals surface area contributed by atoms with Crippen LogP contribution in [0.4, 0.5) is 0 Å². The van der Waals surface area contributed by atoms with E-state index in [-0.39, 0.29) is 6.10 Å². The van der Waals surface area contributed by atoms with Crippen molar-refractivity contribution in [2.75, 3.05) is 0 Å². The molecule has 114 valence electrons. The molecule has 1 heteroatoms. The zero-order valence-corrected chi connectivity index (χ0v) is 13.4. The number of rotatable bonds is 0. The number of fused-ring (bicyclic) bond motifs is 5. The zero-order valence-electron chi connectivity index (χ0n) is 13.4. The van der Waals surface area contributed by atoms with Gasteiger partial charge in [-0.05, 0) is 92.3 Å². The Hall–Kier alpha value is -0.0400. The summed E-state index contributed by atoms with van der Waals surface area (Å²) in [5, 5.41) is 10.0. The fourth-order valence-corrected chi connectivity index (χ4v) is 7.23. The molecule has 0 radical (unpaired) electrons. The van der Waals surface area contributed by atoms with E-state index >= 15 is 0 Å². The third-order valence-electron chi connectivity index (χ3n) is 8.42. The molecule has 0 aromatic rings. The van der Waals surface area contributed by atoms with Gasteiger partial charge in [-0.2, -0.15) is 0 Å². The molecule has 0 aromatic carbocycles. The number of hydrogen-bond acceptors (Lipinski definition) is 1. The monoisotopic (exact) mass is 276 g/mol. The fraction of sp³-hybridized carbons (Fsp3) is 1.00. The Balaban J connectivity index is 1.62. The van der Waals surface area contributed by atoms with E-state index in [9.17, 15) is 5.11 Å². The van der Waals surface area contributed by atoms with Crippen LogP contribution in [0.2, 0.25) is 0 Å². The van der Waals surface area contributed by atoms with Crippen molar-refractivity contribution in [3.63, 3.8) is 0 Å². The average Bonchev–Trinajstić information content (AvgIpc) is 2.81. The van der Waals surface area contributed by atoms with Crippen molar-refractivity contribution in [2.45, 2.75) is 84.2 Å². The molecule has 4 rings (SSSR count). The Morgan fingerprint density at radius 1 is 0.850 bits per heavy atom. The van der Waals surface area contributed by atoms with Crippen LogP contribution < -0.4 is 0 Å². The summed E-state index contributed by atoms with van der Waals surface area (Å²) in [7, 11) is 0. The number of aliphatic hydroxyl groups excluding tert-OH is 1. The lowest BCUT2D eigenvalue weighted by Gasteiger charge is -2.60. The van der Waals surface area contributed by atoms with E-state index in [4.69, 9.17) is 0 Å². The summed E-state index contributed by atoms with van der Waals surface area (Å²) in [6.07, 6.45) is 13.8. The first-order valence-corrected chi connectivity index (χ1v) is 9.21. The minimum absolute atomic E-state index is 0.00459. The Labute approximate surface area is 124 Å². The van der Waals surface area contributed by atoms with Crippen LogP contribution in [0.3, 0.4) is 0 Å². The van der Waals surface area contributed by atoms with Gasteiger partial charge in [0.25, 0.3) is 0 Å². The van der Waals surface area contributed by atoms with E-state index in [1.54, 1.807) is 0 Å². The third kappa shape index (κ3) is 1.77. The Morgan fingerprint density at radius 3 is 2.55 bits per heavy atom. The van der Waals surface area contributed by atoms with Crippen molar-refractivity contribution in [1.29, 1.82) is 0 Å². The van der Waals surface area contributed by atoms with Gasteiger partial charge in [-0.25, -0.2) is 0 Å². The molecule has 0 aliphatic heterocycles. The van der Waals surface area contributed by atoms with Crippen LogP contribution in [0.1, 0.15) is 78.1 Å². The molecule has 0 amide bonds. The van der Waals surface area contributed by atoms with Gasteiger partial charge < -0.3 is 5.11 Å². The second-order valence-corrected chi connectivity index (χ2v) is 9.17. The van der Waals surface area contributed by atoms with Gasteiger partial charge in [0.2, 0.25) is 0 Å². The highest BCUT2D eigenvalue weighted by molar-refractivity contribution is 5.07. The molecule has 0 spiro atoms. The van der Waals surface area contributed by atoms with Crippen LogP contribution in [0.25, 0.3) is 0 Å². The first-order chi connectivity index (χ1) is 9.53. The molecule has 0 aromatic heterocycles. The molecule has 4 fully saturated rings. The Kier molecular flexibility index (Phi) is 3.05. The first kappa shape index (κ1) is 13.6. The van der Waals surface area contributed by atoms with Crippen molar-refractivity contribution < 1.29 is 5.11 Å². The van der Waals surface area contributed by atoms with Gasteiger partial charge in [0.15, 0.2) is 0 Å². The van der Waals surface area contributed by atoms with Crippen LogP contribution in [-0.2, 0) is 0 Å². The maximum atomic E-state index is 10.0. The normalized spacial score (nSPS) is 58.6. The van der Waals surface area contributed by atoms with Crippen molar-refractivity contribution >= 4 is 0 Å². The van der Waals surface area contributed by atoms with Gasteiger partial charge in [-0.3, -0.25) is 0 Å². The second-order valence-electron chi connectivity index (χ2n) is 9.17. The van der Waals surface area contributed by atoms with Gasteiger partial charge in [0, 0.05) is 0 Å². The van der Waals surface area contributed by atoms with E-state index < -0.39 is 0 Å². The molecular formula is C19H32O. The SMILES string of the molecule is C[C@@]12CCCC1C1CC[C@H]3C[C@H](O)CC[C@]3(C)C1CC2. The maximum absolute atomic E-state index is 10.0. The van der Waals surface area contributed by atoms with Crippen LogP contribution in [0.15, 0.2) is 0 Å². The summed E-state index contributed by atoms with van der Waals surface area (Å²) in [5.74, 6) is 3.85. The molecule has 7 atom stereocenters. The first-order valence-electron chi connectivity index (χ1n) is 9.21. The smallest absolute Gasteiger partial charge is 0.0543 e. The largest absolute Gasteiger partial charge is 0.393 e. The predicted molar refractivity (Wildman–Crippen MR) is 82.4 cm³/mol. The molecule has 0 heterocycles. The lowest BCUT2D eigenvalue weighted by Crippen LogP contribution is -2.53. The van der Waals surface area contributed by atoms with Crippen molar-refractivity contribution in [3.05, 3.63) is 0 Å². The topological polar surface area (TPSA) is 20.2 Å². The summed E-state index contributed by atoms with van der Waals surface area (Å²) < 4.78 is 0. The standard InChI is InChI=1S/C19H32O/c1-18-9-3-4-16(18)15-6-5-13-12-14(20)7-11-19(13,2)17(15)8-10-18/h13-17,20H,3-12H2,1-2H3/t13-,14+,15?,16?,17?,18-,19-/m0/s1. The summed E-state index contributed by atoms with van der Waals surface area (Å²) in [6.45, 7) is 5.19. The van der Waals surface area contributed by atoms with Crippen molar-refractivity contribution in [1.82, 2.24) is 0 Å². The third-order valence-corrected chi connectivity index (χ3v) is 8.42. The summed E-state index contributed by atoms with van der Waals surface area (Å²) in [4.78, 5) is 0. The minimum Gasteiger partial charge on any atom is -0.393 e. The molecule has 1 N–H and O–H groups in total. The molecule has 4 aliphatic rings. The van der Waals surface area contributed by atoms with Gasteiger partial charge in [0.1, 0.15) is 0 Å². The molecule has 20 heavy (non-hydrogen) atoms. The molecular weight excluding hydrogens is 244 g/mol. The molecule has 3 unspecified atom stereocenters. The molecule has 1 nitrogen and oxygen atoms in total. The molecule has 4 saturated carbocycles. The predicted octanol–water partition coefficient (Wildman–Crippen LogP) is 4.78. The fourth-order valence-electron chi connectivity index (χ4n) is 7.23. The summed E-state index contributed by atoms with van der Waals surface area (Å²) in [6, 6.07) is 0. The summed E-state index contributed by atoms with van der Waals surface area (Å²) in [5.41, 5.74) is 1.25.